The van der Waals surface area contributed by atoms with Crippen LogP contribution in [0.25, 0.3) is 0 Å². The molecule has 1 N–H and O–H groups in total. The van der Waals surface area contributed by atoms with Crippen molar-refractivity contribution in [2.75, 3.05) is 17.3 Å². The molecule has 1 amide bonds. The molecule has 0 unspecified atom stereocenters. The Labute approximate surface area is 106 Å². The van der Waals surface area contributed by atoms with Crippen LogP contribution in [0.3, 0.4) is 0 Å². The van der Waals surface area contributed by atoms with Crippen LogP contribution in [-0.2, 0) is 4.79 Å². The van der Waals surface area contributed by atoms with Crippen LogP contribution in [0.5, 0.6) is 0 Å². The molecule has 0 aliphatic rings. The zero-order valence-corrected chi connectivity index (χ0v) is 11.0. The number of anilines is 1. The third-order valence-electron chi connectivity index (χ3n) is 2.31. The van der Waals surface area contributed by atoms with E-state index in [2.05, 4.69) is 5.32 Å². The predicted octanol–water partition coefficient (Wildman–Crippen LogP) is 2.97. The molecule has 17 heavy (non-hydrogen) atoms. The van der Waals surface area contributed by atoms with E-state index in [0.29, 0.717) is 17.7 Å². The second-order valence-corrected chi connectivity index (χ2v) is 4.77. The molecule has 0 radical (unpaired) electrons. The Morgan fingerprint density at radius 2 is 2.12 bits per heavy atom. The lowest BCUT2D eigenvalue weighted by Gasteiger charge is -2.05. The number of hydrogen-bond donors (Lipinski definition) is 1. The maximum Gasteiger partial charge on any atom is 0.224 e. The first-order chi connectivity index (χ1) is 8.13. The average Bonchev–Trinajstić information content (AvgIpc) is 2.29. The first-order valence-corrected chi connectivity index (χ1v) is 6.92. The topological polar surface area (TPSA) is 46.2 Å². The van der Waals surface area contributed by atoms with Crippen molar-refractivity contribution in [3.05, 3.63) is 29.8 Å². The van der Waals surface area contributed by atoms with E-state index in [-0.39, 0.29) is 11.7 Å². The van der Waals surface area contributed by atoms with Crippen LogP contribution in [0, 0.1) is 0 Å². The SMILES string of the molecule is CSCCCC(=O)Nc1cccc(C(C)=O)c1. The third kappa shape index (κ3) is 5.04. The van der Waals surface area contributed by atoms with Gasteiger partial charge in [0.1, 0.15) is 0 Å². The maximum atomic E-state index is 11.6. The first-order valence-electron chi connectivity index (χ1n) is 5.53. The fourth-order valence-corrected chi connectivity index (χ4v) is 1.85. The highest BCUT2D eigenvalue weighted by molar-refractivity contribution is 7.98. The molecule has 0 aliphatic carbocycles. The fourth-order valence-electron chi connectivity index (χ4n) is 1.42. The van der Waals surface area contributed by atoms with Crippen LogP contribution in [-0.4, -0.2) is 23.7 Å². The standard InChI is InChI=1S/C13H17NO2S/c1-10(15)11-5-3-6-12(9-11)14-13(16)7-4-8-17-2/h3,5-6,9H,4,7-8H2,1-2H3,(H,14,16). The molecular weight excluding hydrogens is 234 g/mol. The van der Waals surface area contributed by atoms with Crippen molar-refractivity contribution in [1.82, 2.24) is 0 Å². The summed E-state index contributed by atoms with van der Waals surface area (Å²) in [4.78, 5) is 22.7. The van der Waals surface area contributed by atoms with Crippen LogP contribution in [0.2, 0.25) is 0 Å². The Morgan fingerprint density at radius 1 is 1.35 bits per heavy atom. The molecule has 3 nitrogen and oxygen atoms in total. The lowest BCUT2D eigenvalue weighted by Crippen LogP contribution is -2.11. The summed E-state index contributed by atoms with van der Waals surface area (Å²) in [6, 6.07) is 7.01. The van der Waals surface area contributed by atoms with Gasteiger partial charge in [0.05, 0.1) is 0 Å². The van der Waals surface area contributed by atoms with Gasteiger partial charge in [0, 0.05) is 17.7 Å². The number of amides is 1. The second-order valence-electron chi connectivity index (χ2n) is 3.78. The molecule has 0 heterocycles. The number of carbonyl (C=O) groups is 2. The molecule has 0 saturated heterocycles. The summed E-state index contributed by atoms with van der Waals surface area (Å²) in [5, 5.41) is 2.80. The summed E-state index contributed by atoms with van der Waals surface area (Å²) in [7, 11) is 0. The molecule has 0 fully saturated rings. The number of benzene rings is 1. The van der Waals surface area contributed by atoms with Gasteiger partial charge in [-0.25, -0.2) is 0 Å². The third-order valence-corrected chi connectivity index (χ3v) is 3.00. The Morgan fingerprint density at radius 3 is 2.76 bits per heavy atom. The number of rotatable bonds is 6. The van der Waals surface area contributed by atoms with Gasteiger partial charge in [0.2, 0.25) is 5.91 Å². The van der Waals surface area contributed by atoms with Crippen molar-refractivity contribution >= 4 is 29.1 Å². The van der Waals surface area contributed by atoms with Crippen molar-refractivity contribution in [1.29, 1.82) is 0 Å². The van der Waals surface area contributed by atoms with E-state index < -0.39 is 0 Å². The number of hydrogen-bond acceptors (Lipinski definition) is 3. The first kappa shape index (κ1) is 13.8. The van der Waals surface area contributed by atoms with Crippen LogP contribution in [0.4, 0.5) is 5.69 Å². The zero-order chi connectivity index (χ0) is 12.7. The van der Waals surface area contributed by atoms with Crippen molar-refractivity contribution in [2.45, 2.75) is 19.8 Å². The smallest absolute Gasteiger partial charge is 0.224 e. The molecule has 0 atom stereocenters. The minimum Gasteiger partial charge on any atom is -0.326 e. The van der Waals surface area contributed by atoms with Gasteiger partial charge in [0.15, 0.2) is 5.78 Å². The Balaban J connectivity index is 2.53. The summed E-state index contributed by atoms with van der Waals surface area (Å²) in [6.07, 6.45) is 3.42. The normalized spacial score (nSPS) is 10.0. The van der Waals surface area contributed by atoms with Crippen molar-refractivity contribution in [2.24, 2.45) is 0 Å². The van der Waals surface area contributed by atoms with Gasteiger partial charge >= 0.3 is 0 Å². The van der Waals surface area contributed by atoms with Crippen LogP contribution < -0.4 is 5.32 Å². The predicted molar refractivity (Wildman–Crippen MR) is 72.7 cm³/mol. The van der Waals surface area contributed by atoms with Crippen LogP contribution in [0.1, 0.15) is 30.1 Å². The summed E-state index contributed by atoms with van der Waals surface area (Å²) >= 11 is 1.73. The van der Waals surface area contributed by atoms with Gasteiger partial charge in [-0.05, 0) is 37.5 Å². The van der Waals surface area contributed by atoms with Gasteiger partial charge in [-0.2, -0.15) is 11.8 Å². The Hall–Kier alpha value is -1.29. The van der Waals surface area contributed by atoms with E-state index in [1.54, 1.807) is 36.0 Å². The molecule has 1 aromatic carbocycles. The molecule has 0 aromatic heterocycles. The minimum absolute atomic E-state index is 0.000230. The highest BCUT2D eigenvalue weighted by atomic mass is 32.2. The Bertz CT molecular complexity index is 404. The number of Topliss-reactive ketones (excluding diaryl/α,β-unsaturated/α-hetero) is 1. The van der Waals surface area contributed by atoms with E-state index in [9.17, 15) is 9.59 Å². The van der Waals surface area contributed by atoms with Gasteiger partial charge < -0.3 is 5.32 Å². The number of ketones is 1. The van der Waals surface area contributed by atoms with Gasteiger partial charge in [-0.15, -0.1) is 0 Å². The van der Waals surface area contributed by atoms with Crippen molar-refractivity contribution in [3.8, 4) is 0 Å². The Kier molecular flexibility index (Phi) is 5.77. The number of nitrogens with one attached hydrogen (secondary N) is 1. The summed E-state index contributed by atoms with van der Waals surface area (Å²) in [5.41, 5.74) is 1.30. The number of carbonyl (C=O) groups excluding carboxylic acids is 2. The summed E-state index contributed by atoms with van der Waals surface area (Å²) in [6.45, 7) is 1.51. The maximum absolute atomic E-state index is 11.6. The highest BCUT2D eigenvalue weighted by Crippen LogP contribution is 2.12. The summed E-state index contributed by atoms with van der Waals surface area (Å²) < 4.78 is 0. The van der Waals surface area contributed by atoms with E-state index in [4.69, 9.17) is 0 Å². The highest BCUT2D eigenvalue weighted by Gasteiger charge is 2.04. The van der Waals surface area contributed by atoms with Crippen LogP contribution in [0.15, 0.2) is 24.3 Å². The quantitative estimate of drug-likeness (QED) is 0.624. The largest absolute Gasteiger partial charge is 0.326 e. The molecule has 1 aromatic rings. The van der Waals surface area contributed by atoms with E-state index in [0.717, 1.165) is 12.2 Å². The molecule has 1 rings (SSSR count). The molecule has 92 valence electrons. The minimum atomic E-state index is -0.000230. The molecule has 0 bridgehead atoms. The molecule has 0 spiro atoms. The van der Waals surface area contributed by atoms with Gasteiger partial charge in [-0.3, -0.25) is 9.59 Å². The van der Waals surface area contributed by atoms with E-state index in [1.165, 1.54) is 6.92 Å². The van der Waals surface area contributed by atoms with Gasteiger partial charge in [0.25, 0.3) is 0 Å². The van der Waals surface area contributed by atoms with E-state index in [1.807, 2.05) is 6.26 Å². The van der Waals surface area contributed by atoms with Crippen LogP contribution >= 0.6 is 11.8 Å². The van der Waals surface area contributed by atoms with Crippen molar-refractivity contribution in [3.63, 3.8) is 0 Å². The number of thioether (sulfide) groups is 1. The van der Waals surface area contributed by atoms with E-state index >= 15 is 0 Å². The molecule has 0 aliphatic heterocycles. The van der Waals surface area contributed by atoms with Crippen molar-refractivity contribution < 1.29 is 9.59 Å². The fraction of sp³-hybridized carbons (Fsp3) is 0.385. The monoisotopic (exact) mass is 251 g/mol. The summed E-state index contributed by atoms with van der Waals surface area (Å²) in [5.74, 6) is 0.990. The van der Waals surface area contributed by atoms with Gasteiger partial charge in [-0.1, -0.05) is 12.1 Å². The molecular formula is C13H17NO2S. The lowest BCUT2D eigenvalue weighted by atomic mass is 10.1. The molecule has 0 saturated carbocycles. The average molecular weight is 251 g/mol. The molecule has 4 heteroatoms. The second kappa shape index (κ2) is 7.12. The lowest BCUT2D eigenvalue weighted by molar-refractivity contribution is -0.116. The zero-order valence-electron chi connectivity index (χ0n) is 10.2.